The summed E-state index contributed by atoms with van der Waals surface area (Å²) < 4.78 is 100. The van der Waals surface area contributed by atoms with Gasteiger partial charge in [-0.1, -0.05) is 0 Å². The number of carbonyl (C=O) groups is 3. The zero-order chi connectivity index (χ0) is 74.5. The molecule has 100 heavy (non-hydrogen) atoms. The van der Waals surface area contributed by atoms with Crippen molar-refractivity contribution in [1.82, 2.24) is 5.32 Å². The first kappa shape index (κ1) is 84.3. The van der Waals surface area contributed by atoms with Gasteiger partial charge in [0.25, 0.3) is 11.6 Å². The van der Waals surface area contributed by atoms with Crippen molar-refractivity contribution in [2.24, 2.45) is 5.73 Å². The summed E-state index contributed by atoms with van der Waals surface area (Å²) in [5.41, 5.74) is 5.45. The number of rotatable bonds is 31. The van der Waals surface area contributed by atoms with Gasteiger partial charge in [0, 0.05) is 26.3 Å². The predicted molar refractivity (Wildman–Crippen MR) is 301 cm³/mol. The summed E-state index contributed by atoms with van der Waals surface area (Å²) in [6.45, 7) is -9.86. The fourth-order valence-electron chi connectivity index (χ4n) is 12.2. The molecule has 47 nitrogen and oxygen atoms in total. The first-order chi connectivity index (χ1) is 47.0. The Balaban J connectivity index is 1.48. The average Bonchev–Trinajstić information content (AvgIpc) is 0.749. The second kappa shape index (κ2) is 35.6. The number of carboxylic acids is 2. The number of nitrogens with one attached hydrogen (secondary N) is 1. The summed E-state index contributed by atoms with van der Waals surface area (Å²) in [4.78, 5) is 49.9. The number of aliphatic carboxylic acids is 2. The lowest BCUT2D eigenvalue weighted by Crippen LogP contribution is -2.72. The van der Waals surface area contributed by atoms with Crippen molar-refractivity contribution in [1.29, 1.82) is 0 Å². The Morgan fingerprint density at radius 1 is 0.510 bits per heavy atom. The molecule has 0 aromatic carbocycles. The molecule has 29 N–H and O–H groups in total. The molecule has 38 atom stereocenters. The van der Waals surface area contributed by atoms with E-state index >= 15 is 0 Å². The summed E-state index contributed by atoms with van der Waals surface area (Å²) >= 11 is 0. The fraction of sp³-hybridized carbons (Fsp3) is 0.942. The normalized spacial score (nSPS) is 46.2. The lowest BCUT2D eigenvalue weighted by atomic mass is 9.89. The molecule has 7 rings (SSSR count). The van der Waals surface area contributed by atoms with Crippen LogP contribution in [0.3, 0.4) is 0 Å². The van der Waals surface area contributed by atoms with Crippen molar-refractivity contribution >= 4 is 25.7 Å². The van der Waals surface area contributed by atoms with Gasteiger partial charge in [0.05, 0.1) is 65.1 Å². The summed E-state index contributed by atoms with van der Waals surface area (Å²) in [5, 5.41) is 278. The first-order valence-corrected chi connectivity index (χ1v) is 32.3. The zero-order valence-electron chi connectivity index (χ0n) is 52.4. The van der Waals surface area contributed by atoms with Crippen LogP contribution in [-0.2, 0) is 89.6 Å². The van der Waals surface area contributed by atoms with Gasteiger partial charge in [-0.3, -0.25) is 13.8 Å². The minimum absolute atomic E-state index is 0.468. The van der Waals surface area contributed by atoms with E-state index in [0.717, 1.165) is 6.92 Å². The van der Waals surface area contributed by atoms with Gasteiger partial charge in [0.2, 0.25) is 5.91 Å². The third-order valence-corrected chi connectivity index (χ3v) is 18.5. The predicted octanol–water partition coefficient (Wildman–Crippen LogP) is -17.6. The minimum Gasteiger partial charge on any atom is -0.477 e. The molecule has 0 aromatic heterocycles. The minimum atomic E-state index is -5.55. The number of amides is 1. The number of hydrogen-bond donors (Lipinski definition) is 28. The van der Waals surface area contributed by atoms with E-state index in [-0.39, 0.29) is 0 Å². The average molecular weight is 1490 g/mol. The number of aliphatic hydroxyl groups excluding tert-OH is 22. The lowest BCUT2D eigenvalue weighted by molar-refractivity contribution is -0.423. The lowest BCUT2D eigenvalue weighted by Gasteiger charge is -2.53. The molecule has 48 heteroatoms. The van der Waals surface area contributed by atoms with Crippen molar-refractivity contribution in [2.75, 3.05) is 59.4 Å². The number of nitrogens with two attached hydrogens (primary N) is 1. The Hall–Kier alpha value is -2.96. The van der Waals surface area contributed by atoms with Crippen molar-refractivity contribution in [3.8, 4) is 0 Å². The molecular weight excluding hydrogens is 1400 g/mol. The standard InChI is InChI=1S/C52H89N2O45P/c1-13(62)54-23-28(71)25(68)19(9-58)86-44(23)95-43-40(92-45-31(74)29(72)26(69)20(10-59)87-45)33(76)38(22(12-61)99-100(83,84)85-3-2-53)90-48(43)93-41-34(77)47(89-36(16(65)7-56)42(41)94-46-32(75)30(73)27(70)21(11-60)88-46)91-39-18(5-51(82,49(78)79)97-37(39)17(66)8-57)96-52(50(80)81)4-14(63)24(67)35(98-52)15(64)6-55/h14-48,55-61,63-77,82H,2-12,53H2,1H3,(H,54,62)(H,78,79)(H,80,81)(H,83,84)/t14-,15-,16+,17-,18-,19-,20-,21-,22+,23-,24-,25-,26-,27-,28-,29+,30+,31-,32-,33-,34+,35-,36-,37-,38-,39-,40+,41-,42-,43+,44-,45-,46+,47-,48-,51-,52-/m1/s1. The van der Waals surface area contributed by atoms with Gasteiger partial charge in [-0.15, -0.1) is 0 Å². The number of hydrogen-bond acceptors (Lipinski definition) is 43. The third kappa shape index (κ3) is 18.3. The molecule has 1 amide bonds. The summed E-state index contributed by atoms with van der Waals surface area (Å²) in [7, 11) is -5.55. The van der Waals surface area contributed by atoms with E-state index in [1.54, 1.807) is 0 Å². The Bertz CT molecular complexity index is 2650. The molecule has 0 aromatic rings. The summed E-state index contributed by atoms with van der Waals surface area (Å²) in [6, 6.07) is -2.07. The molecule has 7 aliphatic rings. The van der Waals surface area contributed by atoms with Crippen LogP contribution in [0.2, 0.25) is 0 Å². The maximum atomic E-state index is 13.5. The van der Waals surface area contributed by atoms with Crippen LogP contribution in [0.15, 0.2) is 0 Å². The van der Waals surface area contributed by atoms with E-state index < -0.39 is 324 Å². The van der Waals surface area contributed by atoms with E-state index in [9.17, 15) is 152 Å². The SMILES string of the molecule is CC(=O)N[C@H]1[C@@H](O[C@@H]2[C@@H](O[C@@H]3[C@H](O)[C@@H](O[C@H]4[C@@H]([C@H](O)CO)O[C@@](O)(C(=O)O)C[C@H]4O[C@]4(C(=O)O)C[C@@H](O)[C@@H](O)[C@@H]([C@H](O)CO)O4)O[C@H]([C@@H](O)CO)[C@H]3O[C@@H]3O[C@H](CO)[C@@H](O)[C@H](O)[C@H]3O)O[C@H]([C@H](CO)OP(=O)(O)OCCN)[C@@H](O)[C@@H]2O[C@H]2O[C@H](CO)[C@@H](O)[C@H](O)[C@H]2O)O[C@H](CO)[C@@H](O)[C@@H]1O. The van der Waals surface area contributed by atoms with Crippen molar-refractivity contribution in [3.05, 3.63) is 0 Å². The van der Waals surface area contributed by atoms with Crippen LogP contribution >= 0.6 is 7.82 Å². The second-order valence-corrected chi connectivity index (χ2v) is 25.8. The second-order valence-electron chi connectivity index (χ2n) is 24.4. The summed E-state index contributed by atoms with van der Waals surface area (Å²) in [5.74, 6) is -12.9. The smallest absolute Gasteiger partial charge is 0.472 e. The monoisotopic (exact) mass is 1490 g/mol. The molecule has 0 radical (unpaired) electrons. The molecular formula is C52H89N2O45P. The Labute approximate surface area is 563 Å². The molecule has 0 spiro atoms. The largest absolute Gasteiger partial charge is 0.477 e. The molecule has 582 valence electrons. The third-order valence-electron chi connectivity index (χ3n) is 17.4. The molecule has 0 bridgehead atoms. The fourth-order valence-corrected chi connectivity index (χ4v) is 13.1. The molecule has 7 aliphatic heterocycles. The highest BCUT2D eigenvalue weighted by molar-refractivity contribution is 7.47. The molecule has 0 aliphatic carbocycles. The van der Waals surface area contributed by atoms with Crippen LogP contribution in [-0.4, -0.2) is 436 Å². The van der Waals surface area contributed by atoms with Crippen molar-refractivity contribution in [2.45, 2.75) is 246 Å². The van der Waals surface area contributed by atoms with Crippen LogP contribution in [0.5, 0.6) is 0 Å². The van der Waals surface area contributed by atoms with Crippen molar-refractivity contribution in [3.63, 3.8) is 0 Å². The van der Waals surface area contributed by atoms with E-state index in [2.05, 4.69) is 5.32 Å². The van der Waals surface area contributed by atoms with Crippen LogP contribution in [0.1, 0.15) is 19.8 Å². The molecule has 1 unspecified atom stereocenters. The Morgan fingerprint density at radius 3 is 1.47 bits per heavy atom. The van der Waals surface area contributed by atoms with Crippen LogP contribution in [0.25, 0.3) is 0 Å². The van der Waals surface area contributed by atoms with Gasteiger partial charge in [0.1, 0.15) is 171 Å². The maximum absolute atomic E-state index is 13.5. The Morgan fingerprint density at radius 2 is 0.970 bits per heavy atom. The highest BCUT2D eigenvalue weighted by Crippen LogP contribution is 2.48. The number of ether oxygens (including phenoxy) is 13. The molecule has 7 saturated heterocycles. The number of phosphoric acid groups is 1. The molecule has 7 fully saturated rings. The topological polar surface area (TPSA) is 771 Å². The van der Waals surface area contributed by atoms with E-state index in [1.165, 1.54) is 0 Å². The van der Waals surface area contributed by atoms with E-state index in [0.29, 0.717) is 0 Å². The first-order valence-electron chi connectivity index (χ1n) is 30.8. The summed E-state index contributed by atoms with van der Waals surface area (Å²) in [6.07, 6.45) is -86.7. The Kier molecular flexibility index (Phi) is 30.0. The quantitative estimate of drug-likeness (QED) is 0.0287. The van der Waals surface area contributed by atoms with Gasteiger partial charge in [-0.25, -0.2) is 14.2 Å². The maximum Gasteiger partial charge on any atom is 0.472 e. The highest BCUT2D eigenvalue weighted by Gasteiger charge is 2.65. The molecule has 7 heterocycles. The van der Waals surface area contributed by atoms with Crippen LogP contribution in [0.4, 0.5) is 0 Å². The van der Waals surface area contributed by atoms with Crippen molar-refractivity contribution < 1.29 is 222 Å². The van der Waals surface area contributed by atoms with E-state index in [4.69, 9.17) is 76.4 Å². The van der Waals surface area contributed by atoms with Crippen LogP contribution in [0, 0.1) is 0 Å². The van der Waals surface area contributed by atoms with Crippen LogP contribution < -0.4 is 11.1 Å². The number of phosphoric ester groups is 1. The van der Waals surface area contributed by atoms with Gasteiger partial charge in [-0.05, 0) is 0 Å². The number of aliphatic hydroxyl groups is 23. The van der Waals surface area contributed by atoms with E-state index in [1.807, 2.05) is 0 Å². The van der Waals surface area contributed by atoms with Gasteiger partial charge in [0.15, 0.2) is 31.5 Å². The van der Waals surface area contributed by atoms with Gasteiger partial charge in [-0.2, -0.15) is 0 Å². The number of carbonyl (C=O) groups excluding carboxylic acids is 1. The van der Waals surface area contributed by atoms with Gasteiger partial charge < -0.3 is 205 Å². The molecule has 0 saturated carbocycles. The number of carboxylic acid groups (broad SMARTS) is 2. The van der Waals surface area contributed by atoms with Gasteiger partial charge >= 0.3 is 19.8 Å². The zero-order valence-corrected chi connectivity index (χ0v) is 53.3. The highest BCUT2D eigenvalue weighted by atomic mass is 31.2.